The lowest BCUT2D eigenvalue weighted by Gasteiger charge is -2.15. The second-order valence-electron chi connectivity index (χ2n) is 4.56. The molecule has 2 rings (SSSR count). The molecule has 0 aromatic carbocycles. The van der Waals surface area contributed by atoms with Gasteiger partial charge in [0.15, 0.2) is 5.13 Å². The number of nitrogens with zero attached hydrogens (tertiary/aromatic N) is 4. The Kier molecular flexibility index (Phi) is 3.79. The van der Waals surface area contributed by atoms with Crippen LogP contribution in [0.2, 0.25) is 0 Å². The zero-order valence-electron chi connectivity index (χ0n) is 10.7. The van der Waals surface area contributed by atoms with Crippen molar-refractivity contribution >= 4 is 22.4 Å². The molecule has 0 amide bonds. The van der Waals surface area contributed by atoms with Gasteiger partial charge in [-0.1, -0.05) is 5.21 Å². The molecule has 0 saturated heterocycles. The highest BCUT2D eigenvalue weighted by molar-refractivity contribution is 7.13. The highest BCUT2D eigenvalue weighted by atomic mass is 32.1. The van der Waals surface area contributed by atoms with Crippen molar-refractivity contribution < 1.29 is 9.90 Å². The summed E-state index contributed by atoms with van der Waals surface area (Å²) in [6.07, 6.45) is 3.40. The quantitative estimate of drug-likeness (QED) is 0.826. The summed E-state index contributed by atoms with van der Waals surface area (Å²) in [4.78, 5) is 15.4. The molecular weight excluding hydrogens is 266 g/mol. The van der Waals surface area contributed by atoms with Crippen molar-refractivity contribution in [2.24, 2.45) is 0 Å². The fourth-order valence-electron chi connectivity index (χ4n) is 1.38. The Morgan fingerprint density at radius 2 is 2.37 bits per heavy atom. The zero-order chi connectivity index (χ0) is 13.9. The molecule has 0 spiro atoms. The molecule has 2 aromatic rings. The lowest BCUT2D eigenvalue weighted by Crippen LogP contribution is -2.28. The number of hydrogen-bond acceptors (Lipinski definition) is 6. The van der Waals surface area contributed by atoms with Crippen LogP contribution >= 0.6 is 11.3 Å². The molecule has 19 heavy (non-hydrogen) atoms. The minimum Gasteiger partial charge on any atom is -0.481 e. The number of thiazole rings is 1. The van der Waals surface area contributed by atoms with Gasteiger partial charge in [-0.3, -0.25) is 9.48 Å². The van der Waals surface area contributed by atoms with Crippen molar-refractivity contribution in [1.82, 2.24) is 20.0 Å². The van der Waals surface area contributed by atoms with Crippen LogP contribution < -0.4 is 5.32 Å². The van der Waals surface area contributed by atoms with E-state index in [1.54, 1.807) is 36.3 Å². The predicted molar refractivity (Wildman–Crippen MR) is 71.3 cm³/mol. The maximum atomic E-state index is 11.1. The Morgan fingerprint density at radius 1 is 1.58 bits per heavy atom. The maximum absolute atomic E-state index is 11.1. The molecule has 0 saturated carbocycles. The van der Waals surface area contributed by atoms with Crippen LogP contribution in [-0.2, 0) is 16.8 Å². The summed E-state index contributed by atoms with van der Waals surface area (Å²) >= 11 is 1.40. The SMILES string of the molecule is CC(C)(C(=O)O)c1csc(NCCn2ccnn2)n1. The fourth-order valence-corrected chi connectivity index (χ4v) is 2.29. The normalized spacial score (nSPS) is 11.5. The molecular formula is C11H15N5O2S. The largest absolute Gasteiger partial charge is 0.481 e. The van der Waals surface area contributed by atoms with Crippen LogP contribution in [0.15, 0.2) is 17.8 Å². The molecule has 2 heterocycles. The molecule has 102 valence electrons. The van der Waals surface area contributed by atoms with E-state index in [4.69, 9.17) is 5.11 Å². The van der Waals surface area contributed by atoms with E-state index in [2.05, 4.69) is 20.6 Å². The number of aliphatic carboxylic acids is 1. The van der Waals surface area contributed by atoms with E-state index >= 15 is 0 Å². The van der Waals surface area contributed by atoms with Gasteiger partial charge in [-0.05, 0) is 13.8 Å². The van der Waals surface area contributed by atoms with Gasteiger partial charge in [0.2, 0.25) is 0 Å². The molecule has 0 atom stereocenters. The van der Waals surface area contributed by atoms with Gasteiger partial charge in [-0.15, -0.1) is 16.4 Å². The second kappa shape index (κ2) is 5.35. The van der Waals surface area contributed by atoms with E-state index in [1.807, 2.05) is 0 Å². The van der Waals surface area contributed by atoms with Crippen molar-refractivity contribution in [3.8, 4) is 0 Å². The highest BCUT2D eigenvalue weighted by Crippen LogP contribution is 2.27. The van der Waals surface area contributed by atoms with Crippen LogP contribution in [-0.4, -0.2) is 37.6 Å². The Balaban J connectivity index is 1.92. The molecule has 0 aliphatic heterocycles. The van der Waals surface area contributed by atoms with Gasteiger partial charge in [0, 0.05) is 18.1 Å². The molecule has 0 aliphatic rings. The van der Waals surface area contributed by atoms with Gasteiger partial charge in [-0.25, -0.2) is 4.98 Å². The standard InChI is InChI=1S/C11H15N5O2S/c1-11(2,9(17)18)8-7-19-10(14-8)12-3-5-16-6-4-13-15-16/h4,6-7H,3,5H2,1-2H3,(H,12,14)(H,17,18). The van der Waals surface area contributed by atoms with Crippen LogP contribution in [0.4, 0.5) is 5.13 Å². The molecule has 0 fully saturated rings. The Labute approximate surface area is 114 Å². The molecule has 2 aromatic heterocycles. The summed E-state index contributed by atoms with van der Waals surface area (Å²) in [6, 6.07) is 0. The molecule has 0 unspecified atom stereocenters. The number of carboxylic acid groups (broad SMARTS) is 1. The van der Waals surface area contributed by atoms with E-state index in [0.717, 1.165) is 0 Å². The average Bonchev–Trinajstić information content (AvgIpc) is 2.99. The Bertz CT molecular complexity index is 549. The van der Waals surface area contributed by atoms with E-state index in [9.17, 15) is 4.79 Å². The van der Waals surface area contributed by atoms with Crippen molar-refractivity contribution in [3.05, 3.63) is 23.5 Å². The highest BCUT2D eigenvalue weighted by Gasteiger charge is 2.32. The monoisotopic (exact) mass is 281 g/mol. The summed E-state index contributed by atoms with van der Waals surface area (Å²) in [6.45, 7) is 4.62. The van der Waals surface area contributed by atoms with Gasteiger partial charge in [0.25, 0.3) is 0 Å². The number of anilines is 1. The third kappa shape index (κ3) is 3.08. The summed E-state index contributed by atoms with van der Waals surface area (Å²) in [5.74, 6) is -0.882. The van der Waals surface area contributed by atoms with E-state index in [1.165, 1.54) is 11.3 Å². The first-order chi connectivity index (χ1) is 9.00. The van der Waals surface area contributed by atoms with Gasteiger partial charge in [0.05, 0.1) is 18.4 Å². The maximum Gasteiger partial charge on any atom is 0.315 e. The van der Waals surface area contributed by atoms with Gasteiger partial charge in [-0.2, -0.15) is 0 Å². The Morgan fingerprint density at radius 3 is 3.00 bits per heavy atom. The molecule has 0 bridgehead atoms. The topological polar surface area (TPSA) is 92.9 Å². The van der Waals surface area contributed by atoms with E-state index < -0.39 is 11.4 Å². The summed E-state index contributed by atoms with van der Waals surface area (Å²) in [5, 5.41) is 22.3. The predicted octanol–water partition coefficient (Wildman–Crippen LogP) is 1.21. The first-order valence-electron chi connectivity index (χ1n) is 5.77. The summed E-state index contributed by atoms with van der Waals surface area (Å²) in [5.41, 5.74) is -0.407. The first kappa shape index (κ1) is 13.5. The molecule has 2 N–H and O–H groups in total. The van der Waals surface area contributed by atoms with Crippen LogP contribution in [0.25, 0.3) is 0 Å². The minimum absolute atomic E-state index is 0.563. The third-order valence-corrected chi connectivity index (χ3v) is 3.57. The fraction of sp³-hybridized carbons (Fsp3) is 0.455. The van der Waals surface area contributed by atoms with Crippen molar-refractivity contribution in [1.29, 1.82) is 0 Å². The number of hydrogen-bond donors (Lipinski definition) is 2. The first-order valence-corrected chi connectivity index (χ1v) is 6.65. The van der Waals surface area contributed by atoms with Crippen molar-refractivity contribution in [2.45, 2.75) is 25.8 Å². The average molecular weight is 281 g/mol. The zero-order valence-corrected chi connectivity index (χ0v) is 11.5. The van der Waals surface area contributed by atoms with E-state index in [-0.39, 0.29) is 0 Å². The van der Waals surface area contributed by atoms with Gasteiger partial charge in [0.1, 0.15) is 5.41 Å². The number of rotatable bonds is 6. The van der Waals surface area contributed by atoms with Gasteiger partial charge < -0.3 is 10.4 Å². The number of aromatic nitrogens is 4. The van der Waals surface area contributed by atoms with Crippen LogP contribution in [0.1, 0.15) is 19.5 Å². The molecule has 0 radical (unpaired) electrons. The molecule has 7 nitrogen and oxygen atoms in total. The summed E-state index contributed by atoms with van der Waals surface area (Å²) in [7, 11) is 0. The summed E-state index contributed by atoms with van der Waals surface area (Å²) < 4.78 is 1.71. The van der Waals surface area contributed by atoms with E-state index in [0.29, 0.717) is 23.9 Å². The van der Waals surface area contributed by atoms with Crippen LogP contribution in [0.5, 0.6) is 0 Å². The molecule has 8 heteroatoms. The smallest absolute Gasteiger partial charge is 0.315 e. The lowest BCUT2D eigenvalue weighted by atomic mass is 9.90. The van der Waals surface area contributed by atoms with Crippen molar-refractivity contribution in [2.75, 3.05) is 11.9 Å². The van der Waals surface area contributed by atoms with Crippen LogP contribution in [0.3, 0.4) is 0 Å². The third-order valence-electron chi connectivity index (χ3n) is 2.77. The number of carboxylic acids is 1. The number of nitrogens with one attached hydrogen (secondary N) is 1. The van der Waals surface area contributed by atoms with Crippen LogP contribution in [0, 0.1) is 0 Å². The molecule has 0 aliphatic carbocycles. The lowest BCUT2D eigenvalue weighted by molar-refractivity contribution is -0.142. The van der Waals surface area contributed by atoms with Gasteiger partial charge >= 0.3 is 5.97 Å². The minimum atomic E-state index is -0.970. The van der Waals surface area contributed by atoms with Crippen molar-refractivity contribution in [3.63, 3.8) is 0 Å². The Hall–Kier alpha value is -1.96. The number of carbonyl (C=O) groups is 1. The second-order valence-corrected chi connectivity index (χ2v) is 5.42.